The Morgan fingerprint density at radius 1 is 1.20 bits per heavy atom. The van der Waals surface area contributed by atoms with E-state index in [-0.39, 0.29) is 11.9 Å². The van der Waals surface area contributed by atoms with Crippen LogP contribution >= 0.6 is 11.3 Å². The molecule has 0 saturated heterocycles. The van der Waals surface area contributed by atoms with Crippen LogP contribution in [0.15, 0.2) is 42.5 Å². The van der Waals surface area contributed by atoms with Gasteiger partial charge in [0.2, 0.25) is 0 Å². The highest BCUT2D eigenvalue weighted by molar-refractivity contribution is 7.13. The molecule has 1 N–H and O–H groups in total. The molecule has 3 nitrogen and oxygen atoms in total. The van der Waals surface area contributed by atoms with Crippen molar-refractivity contribution in [1.82, 2.24) is 10.2 Å². The second kappa shape index (κ2) is 6.68. The quantitative estimate of drug-likeness (QED) is 0.917. The number of nitrogens with one attached hydrogen (secondary N) is 1. The number of rotatable bonds is 5. The van der Waals surface area contributed by atoms with Crippen molar-refractivity contribution in [2.24, 2.45) is 0 Å². The van der Waals surface area contributed by atoms with Crippen LogP contribution in [0.3, 0.4) is 0 Å². The number of likely N-dealkylation sites (N-methyl/N-ethyl adjacent to an activating group) is 1. The number of thiophene rings is 1. The average Bonchev–Trinajstić information content (AvgIpc) is 2.86. The van der Waals surface area contributed by atoms with Gasteiger partial charge in [-0.05, 0) is 38.7 Å². The SMILES string of the molecule is Cc1ccc(C(=O)NCC(c2ccccc2)N(C)C)s1. The van der Waals surface area contributed by atoms with Crippen LogP contribution in [0.2, 0.25) is 0 Å². The molecule has 0 aliphatic rings. The predicted octanol–water partition coefficient (Wildman–Crippen LogP) is 3.09. The van der Waals surface area contributed by atoms with E-state index < -0.39 is 0 Å². The number of amides is 1. The molecule has 1 amide bonds. The predicted molar refractivity (Wildman–Crippen MR) is 84.3 cm³/mol. The molecule has 1 unspecified atom stereocenters. The lowest BCUT2D eigenvalue weighted by molar-refractivity contribution is 0.0946. The number of hydrogen-bond acceptors (Lipinski definition) is 3. The first-order chi connectivity index (χ1) is 9.58. The summed E-state index contributed by atoms with van der Waals surface area (Å²) in [4.78, 5) is 16.1. The fourth-order valence-corrected chi connectivity index (χ4v) is 2.89. The van der Waals surface area contributed by atoms with Crippen molar-refractivity contribution in [2.45, 2.75) is 13.0 Å². The molecule has 1 heterocycles. The smallest absolute Gasteiger partial charge is 0.261 e. The summed E-state index contributed by atoms with van der Waals surface area (Å²) in [5.41, 5.74) is 1.21. The van der Waals surface area contributed by atoms with Gasteiger partial charge in [0.1, 0.15) is 0 Å². The van der Waals surface area contributed by atoms with E-state index in [9.17, 15) is 4.79 Å². The van der Waals surface area contributed by atoms with Gasteiger partial charge < -0.3 is 10.2 Å². The van der Waals surface area contributed by atoms with E-state index in [1.54, 1.807) is 0 Å². The van der Waals surface area contributed by atoms with Crippen molar-refractivity contribution >= 4 is 17.2 Å². The molecule has 1 aromatic heterocycles. The number of aryl methyl sites for hydroxylation is 1. The van der Waals surface area contributed by atoms with E-state index in [2.05, 4.69) is 22.3 Å². The van der Waals surface area contributed by atoms with Crippen LogP contribution in [-0.2, 0) is 0 Å². The molecule has 0 saturated carbocycles. The van der Waals surface area contributed by atoms with Crippen molar-refractivity contribution < 1.29 is 4.79 Å². The van der Waals surface area contributed by atoms with Gasteiger partial charge in [-0.15, -0.1) is 11.3 Å². The standard InChI is InChI=1S/C16H20N2OS/c1-12-9-10-15(20-12)16(19)17-11-14(18(2)3)13-7-5-4-6-8-13/h4-10,14H,11H2,1-3H3,(H,17,19). The molecule has 20 heavy (non-hydrogen) atoms. The normalized spacial score (nSPS) is 12.4. The van der Waals surface area contributed by atoms with Crippen molar-refractivity contribution in [1.29, 1.82) is 0 Å². The summed E-state index contributed by atoms with van der Waals surface area (Å²) in [6.45, 7) is 2.61. The van der Waals surface area contributed by atoms with Crippen LogP contribution < -0.4 is 5.32 Å². The van der Waals surface area contributed by atoms with Crippen molar-refractivity contribution in [2.75, 3.05) is 20.6 Å². The molecule has 1 atom stereocenters. The molecule has 106 valence electrons. The highest BCUT2D eigenvalue weighted by atomic mass is 32.1. The summed E-state index contributed by atoms with van der Waals surface area (Å²) in [7, 11) is 4.05. The van der Waals surface area contributed by atoms with Gasteiger partial charge in [0.15, 0.2) is 0 Å². The fourth-order valence-electron chi connectivity index (χ4n) is 2.11. The number of hydrogen-bond donors (Lipinski definition) is 1. The summed E-state index contributed by atoms with van der Waals surface area (Å²) >= 11 is 1.53. The minimum atomic E-state index is 0.00545. The molecule has 4 heteroatoms. The van der Waals surface area contributed by atoms with Crippen LogP contribution in [0, 0.1) is 6.92 Å². The second-order valence-electron chi connectivity index (χ2n) is 5.01. The third-order valence-electron chi connectivity index (χ3n) is 3.23. The molecule has 1 aromatic carbocycles. The average molecular weight is 288 g/mol. The van der Waals surface area contributed by atoms with Crippen LogP contribution in [0.25, 0.3) is 0 Å². The van der Waals surface area contributed by atoms with Gasteiger partial charge in [0, 0.05) is 11.4 Å². The first-order valence-corrected chi connectivity index (χ1v) is 7.45. The molecule has 0 aliphatic heterocycles. The lowest BCUT2D eigenvalue weighted by Crippen LogP contribution is -2.34. The first kappa shape index (κ1) is 14.8. The fraction of sp³-hybridized carbons (Fsp3) is 0.312. The van der Waals surface area contributed by atoms with Crippen LogP contribution in [0.5, 0.6) is 0 Å². The number of carbonyl (C=O) groups is 1. The molecule has 2 rings (SSSR count). The number of benzene rings is 1. The zero-order valence-corrected chi connectivity index (χ0v) is 12.9. The summed E-state index contributed by atoms with van der Waals surface area (Å²) in [5, 5.41) is 3.02. The van der Waals surface area contributed by atoms with Gasteiger partial charge in [-0.2, -0.15) is 0 Å². The summed E-state index contributed by atoms with van der Waals surface area (Å²) in [5.74, 6) is 0.00545. The maximum Gasteiger partial charge on any atom is 0.261 e. The minimum absolute atomic E-state index is 0.00545. The highest BCUT2D eigenvalue weighted by Gasteiger charge is 2.16. The molecule has 2 aromatic rings. The van der Waals surface area contributed by atoms with Crippen molar-refractivity contribution in [3.05, 3.63) is 57.8 Å². The van der Waals surface area contributed by atoms with Crippen LogP contribution in [0.1, 0.15) is 26.2 Å². The van der Waals surface area contributed by atoms with E-state index in [4.69, 9.17) is 0 Å². The minimum Gasteiger partial charge on any atom is -0.349 e. The molecular formula is C16H20N2OS. The van der Waals surface area contributed by atoms with Gasteiger partial charge in [0.25, 0.3) is 5.91 Å². The van der Waals surface area contributed by atoms with Gasteiger partial charge in [-0.25, -0.2) is 0 Å². The van der Waals surface area contributed by atoms with E-state index in [1.807, 2.05) is 51.4 Å². The van der Waals surface area contributed by atoms with Crippen molar-refractivity contribution in [3.63, 3.8) is 0 Å². The Morgan fingerprint density at radius 2 is 1.90 bits per heavy atom. The lowest BCUT2D eigenvalue weighted by atomic mass is 10.1. The van der Waals surface area contributed by atoms with E-state index in [1.165, 1.54) is 16.9 Å². The molecule has 0 radical (unpaired) electrons. The van der Waals surface area contributed by atoms with Gasteiger partial charge in [-0.3, -0.25) is 4.79 Å². The zero-order valence-electron chi connectivity index (χ0n) is 12.1. The monoisotopic (exact) mass is 288 g/mol. The third-order valence-corrected chi connectivity index (χ3v) is 4.23. The Kier molecular flexibility index (Phi) is 4.93. The van der Waals surface area contributed by atoms with E-state index in [0.29, 0.717) is 6.54 Å². The third kappa shape index (κ3) is 3.68. The molecule has 0 fully saturated rings. The Morgan fingerprint density at radius 3 is 2.45 bits per heavy atom. The maximum absolute atomic E-state index is 12.1. The number of nitrogens with zero attached hydrogens (tertiary/aromatic N) is 1. The lowest BCUT2D eigenvalue weighted by Gasteiger charge is -2.25. The molecule has 0 spiro atoms. The van der Waals surface area contributed by atoms with Gasteiger partial charge in [0.05, 0.1) is 10.9 Å². The van der Waals surface area contributed by atoms with Crippen LogP contribution in [0.4, 0.5) is 0 Å². The summed E-state index contributed by atoms with van der Waals surface area (Å²) < 4.78 is 0. The van der Waals surface area contributed by atoms with Gasteiger partial charge >= 0.3 is 0 Å². The van der Waals surface area contributed by atoms with Crippen LogP contribution in [-0.4, -0.2) is 31.4 Å². The molecule has 0 bridgehead atoms. The second-order valence-corrected chi connectivity index (χ2v) is 6.30. The van der Waals surface area contributed by atoms with E-state index >= 15 is 0 Å². The van der Waals surface area contributed by atoms with Gasteiger partial charge in [-0.1, -0.05) is 30.3 Å². The first-order valence-electron chi connectivity index (χ1n) is 6.64. The molecular weight excluding hydrogens is 268 g/mol. The number of carbonyl (C=O) groups excluding carboxylic acids is 1. The Balaban J connectivity index is 2.01. The Labute approximate surface area is 124 Å². The van der Waals surface area contributed by atoms with Crippen molar-refractivity contribution in [3.8, 4) is 0 Å². The van der Waals surface area contributed by atoms with E-state index in [0.717, 1.165) is 9.75 Å². The maximum atomic E-state index is 12.1. The molecule has 0 aliphatic carbocycles. The largest absolute Gasteiger partial charge is 0.349 e. The Hall–Kier alpha value is -1.65. The summed E-state index contributed by atoms with van der Waals surface area (Å²) in [6.07, 6.45) is 0. The topological polar surface area (TPSA) is 32.3 Å². The summed E-state index contributed by atoms with van der Waals surface area (Å²) in [6, 6.07) is 14.3. The highest BCUT2D eigenvalue weighted by Crippen LogP contribution is 2.18. The Bertz CT molecular complexity index is 563. The zero-order chi connectivity index (χ0) is 14.5.